The molecule has 0 aliphatic heterocycles. The Morgan fingerprint density at radius 3 is 2.27 bits per heavy atom. The molecule has 0 aliphatic carbocycles. The van der Waals surface area contributed by atoms with E-state index < -0.39 is 6.10 Å². The van der Waals surface area contributed by atoms with Crippen LogP contribution in [0.1, 0.15) is 25.3 Å². The molecule has 1 rings (SSSR count). The molecule has 0 aromatic heterocycles. The fourth-order valence-electron chi connectivity index (χ4n) is 1.19. The molecule has 2 N–H and O–H groups in total. The molecule has 0 heterocycles. The Kier molecular flexibility index (Phi) is 4.59. The maximum atomic E-state index is 9.09. The van der Waals surface area contributed by atoms with Gasteiger partial charge in [-0.3, -0.25) is 0 Å². The van der Waals surface area contributed by atoms with Gasteiger partial charge in [0, 0.05) is 0 Å². The molecule has 15 heavy (non-hydrogen) atoms. The Morgan fingerprint density at radius 1 is 1.20 bits per heavy atom. The molecule has 0 radical (unpaired) electrons. The summed E-state index contributed by atoms with van der Waals surface area (Å²) in [5.74, 6) is 1.22. The Labute approximate surface area is 90.3 Å². The van der Waals surface area contributed by atoms with Crippen LogP contribution >= 0.6 is 0 Å². The Hall–Kier alpha value is -1.06. The Balaban J connectivity index is 2.50. The lowest BCUT2D eigenvalue weighted by Gasteiger charge is -2.11. The van der Waals surface area contributed by atoms with E-state index in [9.17, 15) is 0 Å². The van der Waals surface area contributed by atoms with Gasteiger partial charge in [-0.05, 0) is 23.6 Å². The molecule has 0 saturated heterocycles. The van der Waals surface area contributed by atoms with Gasteiger partial charge in [0.1, 0.15) is 18.5 Å². The molecule has 0 saturated carbocycles. The summed E-state index contributed by atoms with van der Waals surface area (Å²) in [7, 11) is 0. The first-order valence-electron chi connectivity index (χ1n) is 5.15. The van der Waals surface area contributed by atoms with E-state index in [-0.39, 0.29) is 13.2 Å². The molecule has 0 spiro atoms. The number of rotatable bonds is 5. The van der Waals surface area contributed by atoms with Crippen molar-refractivity contribution in [2.45, 2.75) is 25.9 Å². The molecule has 0 bridgehead atoms. The minimum atomic E-state index is -0.810. The summed E-state index contributed by atoms with van der Waals surface area (Å²) < 4.78 is 5.28. The number of hydrogen-bond donors (Lipinski definition) is 2. The summed E-state index contributed by atoms with van der Waals surface area (Å²) in [5, 5.41) is 17.7. The molecule has 1 aromatic carbocycles. The average molecular weight is 210 g/mol. The lowest BCUT2D eigenvalue weighted by molar-refractivity contribution is 0.0536. The lowest BCUT2D eigenvalue weighted by atomic mass is 10.0. The zero-order chi connectivity index (χ0) is 11.3. The van der Waals surface area contributed by atoms with Gasteiger partial charge in [0.25, 0.3) is 0 Å². The zero-order valence-electron chi connectivity index (χ0n) is 9.18. The van der Waals surface area contributed by atoms with Crippen LogP contribution in [0.3, 0.4) is 0 Å². The third-order valence-corrected chi connectivity index (χ3v) is 2.20. The normalized spacial score (nSPS) is 12.9. The summed E-state index contributed by atoms with van der Waals surface area (Å²) in [6.07, 6.45) is -0.810. The van der Waals surface area contributed by atoms with Crippen molar-refractivity contribution in [2.75, 3.05) is 13.2 Å². The molecule has 3 heteroatoms. The third kappa shape index (κ3) is 3.90. The van der Waals surface area contributed by atoms with Crippen LogP contribution in [0.25, 0.3) is 0 Å². The smallest absolute Gasteiger partial charge is 0.119 e. The average Bonchev–Trinajstić information content (AvgIpc) is 2.26. The van der Waals surface area contributed by atoms with Gasteiger partial charge in [-0.2, -0.15) is 0 Å². The fraction of sp³-hybridized carbons (Fsp3) is 0.500. The van der Waals surface area contributed by atoms with Crippen molar-refractivity contribution in [3.63, 3.8) is 0 Å². The number of hydrogen-bond acceptors (Lipinski definition) is 3. The Morgan fingerprint density at radius 2 is 1.80 bits per heavy atom. The van der Waals surface area contributed by atoms with E-state index in [1.165, 1.54) is 5.56 Å². The van der Waals surface area contributed by atoms with E-state index in [4.69, 9.17) is 14.9 Å². The second-order valence-corrected chi connectivity index (χ2v) is 3.87. The second-order valence-electron chi connectivity index (χ2n) is 3.87. The quantitative estimate of drug-likeness (QED) is 0.775. The van der Waals surface area contributed by atoms with E-state index in [1.807, 2.05) is 24.3 Å². The van der Waals surface area contributed by atoms with Crippen molar-refractivity contribution >= 4 is 0 Å². The first kappa shape index (κ1) is 12.0. The van der Waals surface area contributed by atoms with Gasteiger partial charge in [-0.15, -0.1) is 0 Å². The summed E-state index contributed by atoms with van der Waals surface area (Å²) in [6, 6.07) is 7.76. The van der Waals surface area contributed by atoms with Crippen LogP contribution in [-0.2, 0) is 0 Å². The molecule has 0 fully saturated rings. The zero-order valence-corrected chi connectivity index (χ0v) is 9.18. The van der Waals surface area contributed by atoms with Crippen molar-refractivity contribution < 1.29 is 14.9 Å². The maximum absolute atomic E-state index is 9.09. The first-order chi connectivity index (χ1) is 7.13. The van der Waals surface area contributed by atoms with E-state index in [1.54, 1.807) is 0 Å². The minimum Gasteiger partial charge on any atom is -0.491 e. The predicted octanol–water partition coefficient (Wildman–Crippen LogP) is 1.54. The van der Waals surface area contributed by atoms with Gasteiger partial charge in [-0.1, -0.05) is 26.0 Å². The van der Waals surface area contributed by atoms with Crippen molar-refractivity contribution in [3.8, 4) is 5.75 Å². The molecule has 84 valence electrons. The van der Waals surface area contributed by atoms with E-state index in [0.717, 1.165) is 0 Å². The highest BCUT2D eigenvalue weighted by atomic mass is 16.5. The van der Waals surface area contributed by atoms with Gasteiger partial charge in [0.05, 0.1) is 6.61 Å². The van der Waals surface area contributed by atoms with Crippen LogP contribution in [0.15, 0.2) is 24.3 Å². The molecule has 3 nitrogen and oxygen atoms in total. The van der Waals surface area contributed by atoms with Crippen LogP contribution in [0.5, 0.6) is 5.75 Å². The van der Waals surface area contributed by atoms with Crippen LogP contribution in [0.2, 0.25) is 0 Å². The van der Waals surface area contributed by atoms with Crippen molar-refractivity contribution in [1.82, 2.24) is 0 Å². The Bertz CT molecular complexity index is 279. The number of aliphatic hydroxyl groups excluding tert-OH is 2. The summed E-state index contributed by atoms with van der Waals surface area (Å²) in [4.78, 5) is 0. The molecule has 0 aliphatic rings. The molecule has 0 unspecified atom stereocenters. The van der Waals surface area contributed by atoms with Gasteiger partial charge >= 0.3 is 0 Å². The molecular formula is C12H18O3. The monoisotopic (exact) mass is 210 g/mol. The second kappa shape index (κ2) is 5.73. The number of aliphatic hydroxyl groups is 2. The first-order valence-corrected chi connectivity index (χ1v) is 5.15. The van der Waals surface area contributed by atoms with Crippen molar-refractivity contribution in [3.05, 3.63) is 29.8 Å². The van der Waals surface area contributed by atoms with E-state index in [0.29, 0.717) is 11.7 Å². The fourth-order valence-corrected chi connectivity index (χ4v) is 1.19. The molecule has 0 amide bonds. The van der Waals surface area contributed by atoms with Crippen LogP contribution in [-0.4, -0.2) is 29.5 Å². The SMILES string of the molecule is CC(C)c1ccc(OC[C@@H](O)CO)cc1. The van der Waals surface area contributed by atoms with Crippen molar-refractivity contribution in [2.24, 2.45) is 0 Å². The van der Waals surface area contributed by atoms with E-state index >= 15 is 0 Å². The van der Waals surface area contributed by atoms with Gasteiger partial charge in [-0.25, -0.2) is 0 Å². The molecule has 1 aromatic rings. The highest BCUT2D eigenvalue weighted by Gasteiger charge is 2.03. The molecular weight excluding hydrogens is 192 g/mol. The largest absolute Gasteiger partial charge is 0.491 e. The highest BCUT2D eigenvalue weighted by Crippen LogP contribution is 2.18. The van der Waals surface area contributed by atoms with Crippen LogP contribution in [0, 0.1) is 0 Å². The van der Waals surface area contributed by atoms with Gasteiger partial charge in [0.2, 0.25) is 0 Å². The molecule has 1 atom stereocenters. The van der Waals surface area contributed by atoms with Gasteiger partial charge < -0.3 is 14.9 Å². The third-order valence-electron chi connectivity index (χ3n) is 2.20. The predicted molar refractivity (Wildman–Crippen MR) is 59.1 cm³/mol. The number of ether oxygens (including phenoxy) is 1. The van der Waals surface area contributed by atoms with Crippen LogP contribution < -0.4 is 4.74 Å². The van der Waals surface area contributed by atoms with Gasteiger partial charge in [0.15, 0.2) is 0 Å². The minimum absolute atomic E-state index is 0.123. The van der Waals surface area contributed by atoms with Crippen molar-refractivity contribution in [1.29, 1.82) is 0 Å². The van der Waals surface area contributed by atoms with E-state index in [2.05, 4.69) is 13.8 Å². The number of benzene rings is 1. The summed E-state index contributed by atoms with van der Waals surface area (Å²) in [5.41, 5.74) is 1.25. The standard InChI is InChI=1S/C12H18O3/c1-9(2)10-3-5-12(6-4-10)15-8-11(14)7-13/h3-6,9,11,13-14H,7-8H2,1-2H3/t11-/m0/s1. The topological polar surface area (TPSA) is 49.7 Å². The summed E-state index contributed by atoms with van der Waals surface area (Å²) in [6.45, 7) is 4.11. The highest BCUT2D eigenvalue weighted by molar-refractivity contribution is 5.28. The maximum Gasteiger partial charge on any atom is 0.119 e. The lowest BCUT2D eigenvalue weighted by Crippen LogP contribution is -2.21. The van der Waals surface area contributed by atoms with Crippen LogP contribution in [0.4, 0.5) is 0 Å². The summed E-state index contributed by atoms with van der Waals surface area (Å²) >= 11 is 0.